The number of carbonyl (C=O) groups is 1. The van der Waals surface area contributed by atoms with E-state index in [1.165, 1.54) is 14.2 Å². The summed E-state index contributed by atoms with van der Waals surface area (Å²) < 4.78 is 21.1. The first-order valence-electron chi connectivity index (χ1n) is 7.34. The minimum Gasteiger partial charge on any atom is -0.497 e. The lowest BCUT2D eigenvalue weighted by Gasteiger charge is -2.12. The minimum absolute atomic E-state index is 0.339. The van der Waals surface area contributed by atoms with Gasteiger partial charge in [0.25, 0.3) is 0 Å². The Hall–Kier alpha value is -2.95. The Kier molecular flexibility index (Phi) is 5.84. The molecule has 2 aromatic carbocycles. The molecule has 24 heavy (non-hydrogen) atoms. The zero-order chi connectivity index (χ0) is 17.5. The smallest absolute Gasteiger partial charge is 0.343 e. The maximum absolute atomic E-state index is 12.5. The van der Waals surface area contributed by atoms with Crippen molar-refractivity contribution in [2.75, 3.05) is 21.3 Å². The van der Waals surface area contributed by atoms with Gasteiger partial charge in [-0.1, -0.05) is 6.08 Å². The van der Waals surface area contributed by atoms with Gasteiger partial charge in [0.2, 0.25) is 0 Å². The highest BCUT2D eigenvalue weighted by Gasteiger charge is 2.14. The molecule has 0 bridgehead atoms. The lowest BCUT2D eigenvalue weighted by Crippen LogP contribution is -2.10. The lowest BCUT2D eigenvalue weighted by atomic mass is 10.1. The van der Waals surface area contributed by atoms with Gasteiger partial charge in [0.15, 0.2) is 0 Å². The Bertz CT molecular complexity index is 714. The minimum atomic E-state index is -0.498. The Labute approximate surface area is 141 Å². The fourth-order valence-electron chi connectivity index (χ4n) is 2.18. The number of hydrogen-bond acceptors (Lipinski definition) is 5. The van der Waals surface area contributed by atoms with Gasteiger partial charge in [0.1, 0.15) is 23.0 Å². The molecule has 0 heterocycles. The summed E-state index contributed by atoms with van der Waals surface area (Å²) in [6.45, 7) is 3.72. The molecule has 0 atom stereocenters. The fraction of sp³-hybridized carbons (Fsp3) is 0.211. The van der Waals surface area contributed by atoms with Gasteiger partial charge in [-0.3, -0.25) is 0 Å². The zero-order valence-corrected chi connectivity index (χ0v) is 14.0. The van der Waals surface area contributed by atoms with Crippen LogP contribution in [0.25, 0.3) is 0 Å². The van der Waals surface area contributed by atoms with Crippen LogP contribution < -0.4 is 18.9 Å². The highest BCUT2D eigenvalue weighted by atomic mass is 16.5. The Morgan fingerprint density at radius 1 is 0.958 bits per heavy atom. The predicted octanol–water partition coefficient (Wildman–Crippen LogP) is 3.66. The summed E-state index contributed by atoms with van der Waals surface area (Å²) in [5.74, 6) is 1.68. The number of ether oxygens (including phenoxy) is 4. The standard InChI is InChI=1S/C19H20O5/c1-5-6-13-9-15(21-2)7-8-18(13)24-19(20)14-10-16(22-3)12-17(11-14)23-4/h5,7-12H,1,6H2,2-4H3. The molecule has 0 N–H and O–H groups in total. The average molecular weight is 328 g/mol. The Balaban J connectivity index is 2.30. The summed E-state index contributed by atoms with van der Waals surface area (Å²) in [4.78, 5) is 12.5. The second-order valence-corrected chi connectivity index (χ2v) is 4.96. The van der Waals surface area contributed by atoms with Gasteiger partial charge in [0, 0.05) is 11.6 Å². The van der Waals surface area contributed by atoms with Crippen LogP contribution in [0.1, 0.15) is 15.9 Å². The van der Waals surface area contributed by atoms with Crippen LogP contribution in [0.15, 0.2) is 49.1 Å². The molecule has 0 aliphatic heterocycles. The maximum Gasteiger partial charge on any atom is 0.343 e. The molecule has 0 fully saturated rings. The van der Waals surface area contributed by atoms with E-state index in [1.807, 2.05) is 6.07 Å². The highest BCUT2D eigenvalue weighted by molar-refractivity contribution is 5.92. The summed E-state index contributed by atoms with van der Waals surface area (Å²) >= 11 is 0. The molecule has 0 aliphatic carbocycles. The second-order valence-electron chi connectivity index (χ2n) is 4.96. The summed E-state index contributed by atoms with van der Waals surface area (Å²) in [5, 5.41) is 0. The van der Waals surface area contributed by atoms with Gasteiger partial charge in [-0.2, -0.15) is 0 Å². The summed E-state index contributed by atoms with van der Waals surface area (Å²) in [5.41, 5.74) is 1.15. The van der Waals surface area contributed by atoms with Crippen LogP contribution in [0, 0.1) is 0 Å². The molecule has 2 aromatic rings. The third-order valence-electron chi connectivity index (χ3n) is 3.42. The van der Waals surface area contributed by atoms with E-state index in [4.69, 9.17) is 18.9 Å². The molecule has 0 unspecified atom stereocenters. The number of rotatable bonds is 7. The number of allylic oxidation sites excluding steroid dienone is 1. The summed E-state index contributed by atoms with van der Waals surface area (Å²) in [6, 6.07) is 10.1. The third-order valence-corrected chi connectivity index (χ3v) is 3.42. The van der Waals surface area contributed by atoms with Crippen LogP contribution in [0.5, 0.6) is 23.0 Å². The van der Waals surface area contributed by atoms with Crippen LogP contribution in [0.4, 0.5) is 0 Å². The largest absolute Gasteiger partial charge is 0.497 e. The van der Waals surface area contributed by atoms with Crippen LogP contribution in [0.2, 0.25) is 0 Å². The van der Waals surface area contributed by atoms with E-state index in [1.54, 1.807) is 43.5 Å². The lowest BCUT2D eigenvalue weighted by molar-refractivity contribution is 0.0732. The van der Waals surface area contributed by atoms with E-state index < -0.39 is 5.97 Å². The van der Waals surface area contributed by atoms with Gasteiger partial charge >= 0.3 is 5.97 Å². The van der Waals surface area contributed by atoms with Crippen molar-refractivity contribution < 1.29 is 23.7 Å². The Morgan fingerprint density at radius 2 is 1.58 bits per heavy atom. The number of methoxy groups -OCH3 is 3. The molecule has 0 radical (unpaired) electrons. The molecular weight excluding hydrogens is 308 g/mol. The molecule has 0 saturated heterocycles. The molecule has 0 aliphatic rings. The van der Waals surface area contributed by atoms with Crippen molar-refractivity contribution in [3.05, 3.63) is 60.2 Å². The number of esters is 1. The Morgan fingerprint density at radius 3 is 2.12 bits per heavy atom. The first-order valence-corrected chi connectivity index (χ1v) is 7.34. The molecule has 0 spiro atoms. The second kappa shape index (κ2) is 8.06. The topological polar surface area (TPSA) is 54.0 Å². The monoisotopic (exact) mass is 328 g/mol. The van der Waals surface area contributed by atoms with Crippen LogP contribution >= 0.6 is 0 Å². The van der Waals surface area contributed by atoms with Crippen molar-refractivity contribution >= 4 is 5.97 Å². The number of benzene rings is 2. The highest BCUT2D eigenvalue weighted by Crippen LogP contribution is 2.27. The van der Waals surface area contributed by atoms with Crippen LogP contribution in [0.3, 0.4) is 0 Å². The van der Waals surface area contributed by atoms with Crippen molar-refractivity contribution in [2.24, 2.45) is 0 Å². The molecule has 2 rings (SSSR count). The summed E-state index contributed by atoms with van der Waals surface area (Å²) in [7, 11) is 4.63. The van der Waals surface area contributed by atoms with Crippen LogP contribution in [-0.2, 0) is 6.42 Å². The van der Waals surface area contributed by atoms with E-state index >= 15 is 0 Å². The normalized spacial score (nSPS) is 9.96. The number of carbonyl (C=O) groups excluding carboxylic acids is 1. The fourth-order valence-corrected chi connectivity index (χ4v) is 2.18. The van der Waals surface area contributed by atoms with E-state index in [0.717, 1.165) is 5.56 Å². The third kappa shape index (κ3) is 4.07. The van der Waals surface area contributed by atoms with E-state index in [0.29, 0.717) is 35.0 Å². The molecule has 5 nitrogen and oxygen atoms in total. The van der Waals surface area contributed by atoms with Crippen LogP contribution in [-0.4, -0.2) is 27.3 Å². The quantitative estimate of drug-likeness (QED) is 0.441. The van der Waals surface area contributed by atoms with Gasteiger partial charge in [-0.25, -0.2) is 4.79 Å². The van der Waals surface area contributed by atoms with Crippen molar-refractivity contribution in [3.8, 4) is 23.0 Å². The first kappa shape index (κ1) is 17.4. The van der Waals surface area contributed by atoms with Gasteiger partial charge < -0.3 is 18.9 Å². The molecule has 0 saturated carbocycles. The van der Waals surface area contributed by atoms with Crippen molar-refractivity contribution in [3.63, 3.8) is 0 Å². The average Bonchev–Trinajstić information content (AvgIpc) is 2.62. The van der Waals surface area contributed by atoms with Gasteiger partial charge in [0.05, 0.1) is 26.9 Å². The van der Waals surface area contributed by atoms with E-state index in [9.17, 15) is 4.79 Å². The van der Waals surface area contributed by atoms with Crippen molar-refractivity contribution in [2.45, 2.75) is 6.42 Å². The molecule has 0 amide bonds. The van der Waals surface area contributed by atoms with Crippen molar-refractivity contribution in [1.82, 2.24) is 0 Å². The number of hydrogen-bond donors (Lipinski definition) is 0. The maximum atomic E-state index is 12.5. The van der Waals surface area contributed by atoms with E-state index in [-0.39, 0.29) is 0 Å². The van der Waals surface area contributed by atoms with Gasteiger partial charge in [-0.05, 0) is 36.8 Å². The molecule has 126 valence electrons. The first-order chi connectivity index (χ1) is 11.6. The SMILES string of the molecule is C=CCc1cc(OC)ccc1OC(=O)c1cc(OC)cc(OC)c1. The van der Waals surface area contributed by atoms with Crippen molar-refractivity contribution in [1.29, 1.82) is 0 Å². The molecule has 5 heteroatoms. The molecular formula is C19H20O5. The summed E-state index contributed by atoms with van der Waals surface area (Å²) in [6.07, 6.45) is 2.29. The van der Waals surface area contributed by atoms with E-state index in [2.05, 4.69) is 6.58 Å². The zero-order valence-electron chi connectivity index (χ0n) is 14.0. The molecule has 0 aromatic heterocycles. The van der Waals surface area contributed by atoms with Gasteiger partial charge in [-0.15, -0.1) is 6.58 Å². The predicted molar refractivity (Wildman–Crippen MR) is 91.4 cm³/mol.